The average molecular weight is 297 g/mol. The fraction of sp³-hybridized carbons (Fsp3) is 0.692. The van der Waals surface area contributed by atoms with Crippen LogP contribution in [0.3, 0.4) is 0 Å². The first kappa shape index (κ1) is 13.8. The monoisotopic (exact) mass is 297 g/mol. The van der Waals surface area contributed by atoms with Crippen molar-refractivity contribution in [1.29, 1.82) is 0 Å². The SMILES string of the molecule is COCc1nc(N2CCN3CCCC3C2)sc1C(=O)O. The van der Waals surface area contributed by atoms with Gasteiger partial charge in [-0.1, -0.05) is 11.3 Å². The number of carboxylic acid groups (broad SMARTS) is 1. The third-order valence-corrected chi connectivity index (χ3v) is 5.17. The van der Waals surface area contributed by atoms with E-state index in [0.717, 1.165) is 24.8 Å². The zero-order valence-corrected chi connectivity index (χ0v) is 12.4. The van der Waals surface area contributed by atoms with Crippen molar-refractivity contribution in [3.63, 3.8) is 0 Å². The average Bonchev–Trinajstić information content (AvgIpc) is 3.04. The number of anilines is 1. The molecule has 1 aromatic rings. The Hall–Kier alpha value is -1.18. The van der Waals surface area contributed by atoms with Crippen LogP contribution in [0.5, 0.6) is 0 Å². The van der Waals surface area contributed by atoms with Crippen LogP contribution >= 0.6 is 11.3 Å². The molecule has 2 saturated heterocycles. The summed E-state index contributed by atoms with van der Waals surface area (Å²) in [7, 11) is 1.56. The Morgan fingerprint density at radius 3 is 3.10 bits per heavy atom. The molecule has 1 aromatic heterocycles. The van der Waals surface area contributed by atoms with Gasteiger partial charge < -0.3 is 14.7 Å². The predicted octanol–water partition coefficient (Wildman–Crippen LogP) is 1.27. The zero-order chi connectivity index (χ0) is 14.1. The molecule has 0 radical (unpaired) electrons. The van der Waals surface area contributed by atoms with Crippen LogP contribution in [0.4, 0.5) is 5.13 Å². The van der Waals surface area contributed by atoms with Crippen LogP contribution in [-0.4, -0.2) is 60.3 Å². The molecule has 2 fully saturated rings. The molecular weight excluding hydrogens is 278 g/mol. The van der Waals surface area contributed by atoms with Crippen LogP contribution < -0.4 is 4.90 Å². The summed E-state index contributed by atoms with van der Waals surface area (Å²) in [6.45, 7) is 4.38. The van der Waals surface area contributed by atoms with Crippen molar-refractivity contribution in [1.82, 2.24) is 9.88 Å². The van der Waals surface area contributed by atoms with E-state index in [9.17, 15) is 9.90 Å². The first-order valence-electron chi connectivity index (χ1n) is 6.90. The van der Waals surface area contributed by atoms with Crippen molar-refractivity contribution in [2.24, 2.45) is 0 Å². The maximum absolute atomic E-state index is 11.3. The van der Waals surface area contributed by atoms with Crippen LogP contribution in [0, 0.1) is 0 Å². The minimum atomic E-state index is -0.916. The maximum Gasteiger partial charge on any atom is 0.347 e. The van der Waals surface area contributed by atoms with Crippen molar-refractivity contribution >= 4 is 22.4 Å². The second-order valence-corrected chi connectivity index (χ2v) is 6.27. The van der Waals surface area contributed by atoms with Gasteiger partial charge in [-0.05, 0) is 19.4 Å². The molecule has 2 aliphatic rings. The number of carboxylic acids is 1. The van der Waals surface area contributed by atoms with Crippen LogP contribution in [0.1, 0.15) is 28.2 Å². The topological polar surface area (TPSA) is 65.9 Å². The maximum atomic E-state index is 11.3. The fourth-order valence-corrected chi connectivity index (χ4v) is 3.98. The number of nitrogens with zero attached hydrogens (tertiary/aromatic N) is 3. The molecule has 3 rings (SSSR count). The van der Waals surface area contributed by atoms with Crippen LogP contribution in [0.2, 0.25) is 0 Å². The predicted molar refractivity (Wildman–Crippen MR) is 76.6 cm³/mol. The van der Waals surface area contributed by atoms with E-state index in [0.29, 0.717) is 16.6 Å². The Morgan fingerprint density at radius 2 is 2.35 bits per heavy atom. The molecule has 0 saturated carbocycles. The Kier molecular flexibility index (Phi) is 3.91. The summed E-state index contributed by atoms with van der Waals surface area (Å²) in [5.74, 6) is -0.916. The minimum absolute atomic E-state index is 0.252. The molecule has 0 aromatic carbocycles. The van der Waals surface area contributed by atoms with E-state index >= 15 is 0 Å². The molecule has 2 aliphatic heterocycles. The zero-order valence-electron chi connectivity index (χ0n) is 11.5. The van der Waals surface area contributed by atoms with Gasteiger partial charge in [0.15, 0.2) is 5.13 Å². The lowest BCUT2D eigenvalue weighted by molar-refractivity contribution is 0.0697. The third-order valence-electron chi connectivity index (χ3n) is 4.02. The summed E-state index contributed by atoms with van der Waals surface area (Å²) >= 11 is 1.26. The Labute approximate surface area is 122 Å². The molecule has 0 amide bonds. The molecule has 20 heavy (non-hydrogen) atoms. The molecule has 7 heteroatoms. The van der Waals surface area contributed by atoms with Gasteiger partial charge in [-0.3, -0.25) is 4.90 Å². The molecule has 3 heterocycles. The normalized spacial score (nSPS) is 23.1. The minimum Gasteiger partial charge on any atom is -0.477 e. The first-order chi connectivity index (χ1) is 9.69. The van der Waals surface area contributed by atoms with Gasteiger partial charge in [-0.25, -0.2) is 9.78 Å². The van der Waals surface area contributed by atoms with Gasteiger partial charge >= 0.3 is 5.97 Å². The van der Waals surface area contributed by atoms with Crippen molar-refractivity contribution in [3.8, 4) is 0 Å². The molecule has 0 bridgehead atoms. The Morgan fingerprint density at radius 1 is 1.50 bits per heavy atom. The van der Waals surface area contributed by atoms with E-state index in [2.05, 4.69) is 14.8 Å². The standard InChI is InChI=1S/C13H19N3O3S/c1-19-8-10-11(12(17)18)20-13(14-10)16-6-5-15-4-2-3-9(15)7-16/h9H,2-8H2,1H3,(H,17,18). The lowest BCUT2D eigenvalue weighted by Gasteiger charge is -2.37. The molecule has 1 N–H and O–H groups in total. The number of methoxy groups -OCH3 is 1. The molecule has 1 atom stereocenters. The van der Waals surface area contributed by atoms with Crippen LogP contribution in [0.15, 0.2) is 0 Å². The highest BCUT2D eigenvalue weighted by Crippen LogP contribution is 2.30. The summed E-state index contributed by atoms with van der Waals surface area (Å²) in [5.41, 5.74) is 0.536. The van der Waals surface area contributed by atoms with E-state index in [1.54, 1.807) is 7.11 Å². The highest BCUT2D eigenvalue weighted by Gasteiger charge is 2.32. The smallest absolute Gasteiger partial charge is 0.347 e. The van der Waals surface area contributed by atoms with Crippen LogP contribution in [0.25, 0.3) is 0 Å². The van der Waals surface area contributed by atoms with E-state index in [-0.39, 0.29) is 6.61 Å². The van der Waals surface area contributed by atoms with Crippen molar-refractivity contribution in [2.45, 2.75) is 25.5 Å². The Bertz CT molecular complexity index is 505. The molecular formula is C13H19N3O3S. The van der Waals surface area contributed by atoms with Crippen LogP contribution in [-0.2, 0) is 11.3 Å². The fourth-order valence-electron chi connectivity index (χ4n) is 3.04. The van der Waals surface area contributed by atoms with Gasteiger partial charge in [-0.2, -0.15) is 0 Å². The van der Waals surface area contributed by atoms with E-state index in [1.165, 1.54) is 30.7 Å². The summed E-state index contributed by atoms with van der Waals surface area (Å²) in [4.78, 5) is 20.8. The highest BCUT2D eigenvalue weighted by atomic mass is 32.1. The molecule has 110 valence electrons. The largest absolute Gasteiger partial charge is 0.477 e. The van der Waals surface area contributed by atoms with Gasteiger partial charge in [0.1, 0.15) is 4.88 Å². The number of hydrogen-bond donors (Lipinski definition) is 1. The number of aromatic nitrogens is 1. The number of fused-ring (bicyclic) bond motifs is 1. The second kappa shape index (κ2) is 5.67. The molecule has 0 spiro atoms. The lowest BCUT2D eigenvalue weighted by Crippen LogP contribution is -2.50. The first-order valence-corrected chi connectivity index (χ1v) is 7.71. The van der Waals surface area contributed by atoms with Crippen molar-refractivity contribution < 1.29 is 14.6 Å². The van der Waals surface area contributed by atoms with E-state index < -0.39 is 5.97 Å². The van der Waals surface area contributed by atoms with E-state index in [4.69, 9.17) is 4.74 Å². The lowest BCUT2D eigenvalue weighted by atomic mass is 10.2. The van der Waals surface area contributed by atoms with Gasteiger partial charge in [0, 0.05) is 32.8 Å². The highest BCUT2D eigenvalue weighted by molar-refractivity contribution is 7.17. The molecule has 1 unspecified atom stereocenters. The number of aromatic carboxylic acids is 1. The van der Waals surface area contributed by atoms with Gasteiger partial charge in [-0.15, -0.1) is 0 Å². The summed E-state index contributed by atoms with van der Waals surface area (Å²) in [6.07, 6.45) is 2.50. The van der Waals surface area contributed by atoms with Gasteiger partial charge in [0.2, 0.25) is 0 Å². The number of piperazine rings is 1. The number of hydrogen-bond acceptors (Lipinski definition) is 6. The van der Waals surface area contributed by atoms with Crippen molar-refractivity contribution in [2.75, 3.05) is 38.2 Å². The van der Waals surface area contributed by atoms with E-state index in [1.807, 2.05) is 0 Å². The summed E-state index contributed by atoms with van der Waals surface area (Å²) in [6, 6.07) is 0.604. The number of carbonyl (C=O) groups is 1. The Balaban J connectivity index is 1.79. The van der Waals surface area contributed by atoms with Gasteiger partial charge in [0.25, 0.3) is 0 Å². The number of ether oxygens (including phenoxy) is 1. The number of rotatable bonds is 4. The number of thiazole rings is 1. The van der Waals surface area contributed by atoms with Gasteiger partial charge in [0.05, 0.1) is 12.3 Å². The second-order valence-electron chi connectivity index (χ2n) is 5.29. The quantitative estimate of drug-likeness (QED) is 0.903. The van der Waals surface area contributed by atoms with Crippen molar-refractivity contribution in [3.05, 3.63) is 10.6 Å². The summed E-state index contributed by atoms with van der Waals surface area (Å²) < 4.78 is 5.04. The third kappa shape index (κ3) is 2.53. The molecule has 6 nitrogen and oxygen atoms in total. The molecule has 0 aliphatic carbocycles. The summed E-state index contributed by atoms with van der Waals surface area (Å²) in [5, 5.41) is 10.1.